The maximum atomic E-state index is 2.56. The summed E-state index contributed by atoms with van der Waals surface area (Å²) in [4.78, 5) is 0. The zero-order valence-electron chi connectivity index (χ0n) is 25.1. The third-order valence-electron chi connectivity index (χ3n) is 9.87. The molecular formula is C43H36. The Labute approximate surface area is 255 Å². The van der Waals surface area contributed by atoms with Crippen molar-refractivity contribution in [2.45, 2.75) is 46.0 Å². The van der Waals surface area contributed by atoms with Crippen LogP contribution < -0.4 is 0 Å². The van der Waals surface area contributed by atoms with Gasteiger partial charge in [0.25, 0.3) is 0 Å². The van der Waals surface area contributed by atoms with Gasteiger partial charge in [-0.1, -0.05) is 122 Å². The lowest BCUT2D eigenvalue weighted by atomic mass is 9.80. The van der Waals surface area contributed by atoms with E-state index in [9.17, 15) is 0 Å². The van der Waals surface area contributed by atoms with Gasteiger partial charge >= 0.3 is 0 Å². The van der Waals surface area contributed by atoms with Crippen molar-refractivity contribution in [2.24, 2.45) is 0 Å². The summed E-state index contributed by atoms with van der Waals surface area (Å²) >= 11 is 0. The molecule has 0 unspecified atom stereocenters. The second-order valence-corrected chi connectivity index (χ2v) is 12.3. The van der Waals surface area contributed by atoms with Gasteiger partial charge in [0.05, 0.1) is 0 Å². The molecule has 2 aliphatic carbocycles. The molecule has 0 saturated heterocycles. The van der Waals surface area contributed by atoms with E-state index in [1.54, 1.807) is 0 Å². The minimum atomic E-state index is 0.927. The van der Waals surface area contributed by atoms with Crippen molar-refractivity contribution in [3.8, 4) is 33.4 Å². The SMILES string of the molecule is CCc1ccc(-c2c(Cc3ccccc3C)cc3c(c2Cc2ccccc2)Cc2ccccc2-3)c2c1-c1ccccc1C2. The first-order valence-corrected chi connectivity index (χ1v) is 15.8. The highest BCUT2D eigenvalue weighted by Gasteiger charge is 2.30. The topological polar surface area (TPSA) is 0 Å². The van der Waals surface area contributed by atoms with Crippen molar-refractivity contribution in [1.82, 2.24) is 0 Å². The van der Waals surface area contributed by atoms with Gasteiger partial charge in [-0.2, -0.15) is 0 Å². The molecule has 43 heavy (non-hydrogen) atoms. The number of hydrogen-bond acceptors (Lipinski definition) is 0. The van der Waals surface area contributed by atoms with Crippen LogP contribution in [-0.2, 0) is 32.1 Å². The molecule has 2 aliphatic rings. The Bertz CT molecular complexity index is 2010. The molecule has 0 spiro atoms. The van der Waals surface area contributed by atoms with Gasteiger partial charge in [-0.15, -0.1) is 0 Å². The van der Waals surface area contributed by atoms with Crippen molar-refractivity contribution in [2.75, 3.05) is 0 Å². The Morgan fingerprint density at radius 3 is 1.95 bits per heavy atom. The summed E-state index contributed by atoms with van der Waals surface area (Å²) in [7, 11) is 0. The van der Waals surface area contributed by atoms with E-state index in [2.05, 4.69) is 135 Å². The van der Waals surface area contributed by atoms with E-state index in [1.807, 2.05) is 0 Å². The summed E-state index contributed by atoms with van der Waals surface area (Å²) in [6, 6.07) is 45.6. The summed E-state index contributed by atoms with van der Waals surface area (Å²) < 4.78 is 0. The third-order valence-corrected chi connectivity index (χ3v) is 9.87. The van der Waals surface area contributed by atoms with E-state index < -0.39 is 0 Å². The van der Waals surface area contributed by atoms with Crippen LogP contribution in [0.4, 0.5) is 0 Å². The molecule has 0 amide bonds. The highest BCUT2D eigenvalue weighted by atomic mass is 14.3. The summed E-state index contributed by atoms with van der Waals surface area (Å²) in [6.45, 7) is 4.56. The zero-order valence-corrected chi connectivity index (χ0v) is 25.1. The van der Waals surface area contributed by atoms with Crippen molar-refractivity contribution in [1.29, 1.82) is 0 Å². The van der Waals surface area contributed by atoms with Crippen LogP contribution in [0.5, 0.6) is 0 Å². The summed E-state index contributed by atoms with van der Waals surface area (Å²) in [6.07, 6.45) is 4.91. The minimum absolute atomic E-state index is 0.927. The van der Waals surface area contributed by atoms with Gasteiger partial charge in [0.2, 0.25) is 0 Å². The van der Waals surface area contributed by atoms with Crippen LogP contribution in [0.15, 0.2) is 121 Å². The highest BCUT2D eigenvalue weighted by Crippen LogP contribution is 2.49. The van der Waals surface area contributed by atoms with Crippen LogP contribution in [0.25, 0.3) is 33.4 Å². The standard InChI is InChI=1S/C43H36/c1-3-30-21-22-37(41-26-33-18-10-12-20-36(33)42(30)41)43-34(24-31-16-8-7-13-28(31)2)27-38-35-19-11-9-17-32(35)25-39(38)40(43)23-29-14-5-4-6-15-29/h4-22,27H,3,23-26H2,1-2H3. The smallest absolute Gasteiger partial charge is 0.000718 e. The first kappa shape index (κ1) is 26.0. The number of hydrogen-bond donors (Lipinski definition) is 0. The van der Waals surface area contributed by atoms with Gasteiger partial charge in [0, 0.05) is 0 Å². The molecule has 0 radical (unpaired) electrons. The van der Waals surface area contributed by atoms with Gasteiger partial charge in [0.15, 0.2) is 0 Å². The minimum Gasteiger partial charge on any atom is -0.0622 e. The average molecular weight is 553 g/mol. The second-order valence-electron chi connectivity index (χ2n) is 12.3. The van der Waals surface area contributed by atoms with Crippen LogP contribution >= 0.6 is 0 Å². The maximum absolute atomic E-state index is 2.56. The molecule has 6 aromatic carbocycles. The number of benzene rings is 6. The molecule has 208 valence electrons. The van der Waals surface area contributed by atoms with Crippen LogP contribution in [0.2, 0.25) is 0 Å². The van der Waals surface area contributed by atoms with Crippen LogP contribution in [0.3, 0.4) is 0 Å². The lowest BCUT2D eigenvalue weighted by Crippen LogP contribution is -2.06. The van der Waals surface area contributed by atoms with Gasteiger partial charge in [-0.3, -0.25) is 0 Å². The van der Waals surface area contributed by atoms with Gasteiger partial charge in [-0.05, 0) is 134 Å². The molecule has 0 fully saturated rings. The normalized spacial score (nSPS) is 12.5. The Balaban J connectivity index is 1.44. The van der Waals surface area contributed by atoms with E-state index in [0.717, 1.165) is 32.1 Å². The number of fused-ring (bicyclic) bond motifs is 6. The van der Waals surface area contributed by atoms with Crippen molar-refractivity contribution in [3.05, 3.63) is 177 Å². The first-order chi connectivity index (χ1) is 21.2. The van der Waals surface area contributed by atoms with E-state index in [1.165, 1.54) is 89.0 Å². The van der Waals surface area contributed by atoms with E-state index in [0.29, 0.717) is 0 Å². The molecule has 0 atom stereocenters. The van der Waals surface area contributed by atoms with Crippen LogP contribution in [0, 0.1) is 6.92 Å². The Hall–Kier alpha value is -4.68. The van der Waals surface area contributed by atoms with Gasteiger partial charge in [-0.25, -0.2) is 0 Å². The molecule has 0 saturated carbocycles. The fourth-order valence-corrected chi connectivity index (χ4v) is 7.75. The van der Waals surface area contributed by atoms with Crippen LogP contribution in [0.1, 0.15) is 62.6 Å². The molecular weight excluding hydrogens is 516 g/mol. The molecule has 0 aromatic heterocycles. The Morgan fingerprint density at radius 2 is 1.16 bits per heavy atom. The lowest BCUT2D eigenvalue weighted by Gasteiger charge is -2.24. The molecule has 8 rings (SSSR count). The zero-order chi connectivity index (χ0) is 28.9. The second kappa shape index (κ2) is 10.5. The lowest BCUT2D eigenvalue weighted by molar-refractivity contribution is 1.08. The fraction of sp³-hybridized carbons (Fsp3) is 0.163. The Morgan fingerprint density at radius 1 is 0.488 bits per heavy atom. The van der Waals surface area contributed by atoms with Gasteiger partial charge in [0.1, 0.15) is 0 Å². The average Bonchev–Trinajstić information content (AvgIpc) is 3.62. The molecule has 0 aliphatic heterocycles. The molecule has 6 aromatic rings. The van der Waals surface area contributed by atoms with E-state index in [-0.39, 0.29) is 0 Å². The number of rotatable bonds is 6. The monoisotopic (exact) mass is 552 g/mol. The quantitative estimate of drug-likeness (QED) is 0.192. The maximum Gasteiger partial charge on any atom is -0.000718 e. The molecule has 0 heteroatoms. The van der Waals surface area contributed by atoms with Crippen molar-refractivity contribution >= 4 is 0 Å². The predicted octanol–water partition coefficient (Wildman–Crippen LogP) is 10.5. The molecule has 0 N–H and O–H groups in total. The predicted molar refractivity (Wildman–Crippen MR) is 181 cm³/mol. The molecule has 0 heterocycles. The molecule has 0 nitrogen and oxygen atoms in total. The first-order valence-electron chi connectivity index (χ1n) is 15.8. The largest absolute Gasteiger partial charge is 0.0622 e. The van der Waals surface area contributed by atoms with Crippen molar-refractivity contribution < 1.29 is 0 Å². The number of aryl methyl sites for hydroxylation is 2. The Kier molecular flexibility index (Phi) is 6.37. The highest BCUT2D eigenvalue weighted by molar-refractivity contribution is 5.92. The summed E-state index contributed by atoms with van der Waals surface area (Å²) in [5.41, 5.74) is 23.1. The third kappa shape index (κ3) is 4.36. The fourth-order valence-electron chi connectivity index (χ4n) is 7.75. The van der Waals surface area contributed by atoms with Gasteiger partial charge < -0.3 is 0 Å². The van der Waals surface area contributed by atoms with E-state index >= 15 is 0 Å². The summed E-state index contributed by atoms with van der Waals surface area (Å²) in [5.74, 6) is 0. The van der Waals surface area contributed by atoms with E-state index in [4.69, 9.17) is 0 Å². The van der Waals surface area contributed by atoms with Crippen LogP contribution in [-0.4, -0.2) is 0 Å². The summed E-state index contributed by atoms with van der Waals surface area (Å²) in [5, 5.41) is 0. The van der Waals surface area contributed by atoms with Crippen molar-refractivity contribution in [3.63, 3.8) is 0 Å². The molecule has 0 bridgehead atoms.